The van der Waals surface area contributed by atoms with Crippen LogP contribution in [0.25, 0.3) is 0 Å². The van der Waals surface area contributed by atoms with Gasteiger partial charge in [0, 0.05) is 12.0 Å². The Morgan fingerprint density at radius 3 is 0.811 bits per heavy atom. The Hall–Kier alpha value is -1.05. The third kappa shape index (κ3) is 34.0. The molecule has 0 amide bonds. The summed E-state index contributed by atoms with van der Waals surface area (Å²) in [5.74, 6) is 1.10. The van der Waals surface area contributed by atoms with Crippen LogP contribution in [0.4, 0.5) is 0 Å². The van der Waals surface area contributed by atoms with Crippen LogP contribution < -0.4 is 0 Å². The van der Waals surface area contributed by atoms with Crippen LogP contribution in [0, 0.1) is 0 Å². The number of carbonyl (C=O) groups is 1. The number of aryl methyl sites for hydroxylation is 1. The van der Waals surface area contributed by atoms with E-state index in [9.17, 15) is 4.79 Å². The zero-order valence-electron chi connectivity index (χ0n) is 36.6. The molecule has 1 aromatic rings. The molecule has 0 aliphatic carbocycles. The maximum absolute atomic E-state index is 11.7. The van der Waals surface area contributed by atoms with Crippen molar-refractivity contribution in [1.82, 2.24) is 0 Å². The molecule has 312 valence electrons. The van der Waals surface area contributed by atoms with E-state index in [2.05, 4.69) is 13.8 Å². The number of unbranched alkanes of at least 4 members (excludes halogenated alkanes) is 40. The van der Waals surface area contributed by atoms with Gasteiger partial charge in [0.05, 0.1) is 5.56 Å². The fourth-order valence-corrected chi connectivity index (χ4v) is 8.48. The van der Waals surface area contributed by atoms with Crippen molar-refractivity contribution in [2.75, 3.05) is 0 Å². The number of hydrogen-bond acceptors (Lipinski definition) is 2. The maximum Gasteiger partial charge on any atom is 0.153 e. The van der Waals surface area contributed by atoms with Gasteiger partial charge in [-0.05, 0) is 19.3 Å². The second kappa shape index (κ2) is 42.1. The van der Waals surface area contributed by atoms with E-state index in [-0.39, 0.29) is 0 Å². The lowest BCUT2D eigenvalue weighted by Gasteiger charge is -2.06. The molecule has 0 unspecified atom stereocenters. The summed E-state index contributed by atoms with van der Waals surface area (Å²) < 4.78 is 5.90. The van der Waals surface area contributed by atoms with Crippen LogP contribution in [0.5, 0.6) is 0 Å². The average Bonchev–Trinajstić information content (AvgIpc) is 3.57. The zero-order chi connectivity index (χ0) is 38.0. The first-order valence-electron chi connectivity index (χ1n) is 24.9. The van der Waals surface area contributed by atoms with Gasteiger partial charge in [-0.3, -0.25) is 4.79 Å². The molecule has 0 bridgehead atoms. The summed E-state index contributed by atoms with van der Waals surface area (Å²) in [6, 6.07) is 0. The maximum atomic E-state index is 11.7. The molecule has 0 N–H and O–H groups in total. The van der Waals surface area contributed by atoms with Crippen molar-refractivity contribution in [3.8, 4) is 0 Å². The van der Waals surface area contributed by atoms with Crippen LogP contribution in [0.2, 0.25) is 0 Å². The first-order valence-corrected chi connectivity index (χ1v) is 24.9. The number of rotatable bonds is 45. The van der Waals surface area contributed by atoms with Crippen LogP contribution in [-0.2, 0) is 12.8 Å². The first kappa shape index (κ1) is 50.0. The monoisotopic (exact) mass is 741 g/mol. The largest absolute Gasteiger partial charge is 0.468 e. The fraction of sp³-hybridized carbons (Fsp3) is 0.902. The van der Waals surface area contributed by atoms with Gasteiger partial charge in [-0.2, -0.15) is 0 Å². The molecule has 0 radical (unpaired) electrons. The van der Waals surface area contributed by atoms with E-state index < -0.39 is 0 Å². The van der Waals surface area contributed by atoms with E-state index in [4.69, 9.17) is 4.42 Å². The average molecular weight is 741 g/mol. The lowest BCUT2D eigenvalue weighted by atomic mass is 9.99. The topological polar surface area (TPSA) is 30.2 Å². The van der Waals surface area contributed by atoms with Gasteiger partial charge in [0.2, 0.25) is 0 Å². The highest BCUT2D eigenvalue weighted by Gasteiger charge is 2.13. The minimum Gasteiger partial charge on any atom is -0.468 e. The third-order valence-corrected chi connectivity index (χ3v) is 12.2. The van der Waals surface area contributed by atoms with E-state index in [1.54, 1.807) is 6.26 Å². The third-order valence-electron chi connectivity index (χ3n) is 12.2. The Morgan fingerprint density at radius 2 is 0.566 bits per heavy atom. The molecule has 2 nitrogen and oxygen atoms in total. The highest BCUT2D eigenvalue weighted by molar-refractivity contribution is 5.77. The summed E-state index contributed by atoms with van der Waals surface area (Å²) in [5, 5.41) is 0. The highest BCUT2D eigenvalue weighted by Crippen LogP contribution is 2.23. The Labute approximate surface area is 334 Å². The number of hydrogen-bond donors (Lipinski definition) is 0. The van der Waals surface area contributed by atoms with Crippen LogP contribution in [0.1, 0.15) is 305 Å². The standard InChI is InChI=1S/C51H96O2/c1-3-5-7-9-11-13-15-17-19-21-23-25-27-29-31-33-35-37-39-41-43-45-50-49(47-52)48-53-51(50)46-44-42-40-38-36-34-32-30-28-26-24-22-20-18-16-14-12-10-8-6-4-2/h47-48H,3-46H2,1-2H3. The van der Waals surface area contributed by atoms with E-state index in [1.165, 1.54) is 275 Å². The predicted molar refractivity (Wildman–Crippen MR) is 237 cm³/mol. The van der Waals surface area contributed by atoms with Gasteiger partial charge in [0.15, 0.2) is 6.29 Å². The number of aldehydes is 1. The Balaban J connectivity index is 1.87. The fourth-order valence-electron chi connectivity index (χ4n) is 8.48. The summed E-state index contributed by atoms with van der Waals surface area (Å²) in [5.41, 5.74) is 2.02. The van der Waals surface area contributed by atoms with Gasteiger partial charge in [-0.15, -0.1) is 0 Å². The van der Waals surface area contributed by atoms with Crippen molar-refractivity contribution in [2.24, 2.45) is 0 Å². The summed E-state index contributed by atoms with van der Waals surface area (Å²) in [6.45, 7) is 4.61. The summed E-state index contributed by atoms with van der Waals surface area (Å²) >= 11 is 0. The zero-order valence-corrected chi connectivity index (χ0v) is 36.6. The van der Waals surface area contributed by atoms with Crippen LogP contribution in [0.3, 0.4) is 0 Å². The molecule has 0 saturated heterocycles. The van der Waals surface area contributed by atoms with E-state index >= 15 is 0 Å². The Morgan fingerprint density at radius 1 is 0.340 bits per heavy atom. The summed E-state index contributed by atoms with van der Waals surface area (Å²) in [6.07, 6.45) is 64.2. The molecule has 53 heavy (non-hydrogen) atoms. The lowest BCUT2D eigenvalue weighted by Crippen LogP contribution is -1.95. The van der Waals surface area contributed by atoms with Crippen LogP contribution in [-0.4, -0.2) is 6.29 Å². The predicted octanol–water partition coefficient (Wildman–Crippen LogP) is 18.6. The minimum absolute atomic E-state index is 0.802. The van der Waals surface area contributed by atoms with Crippen molar-refractivity contribution < 1.29 is 9.21 Å². The lowest BCUT2D eigenvalue weighted by molar-refractivity contribution is 0.112. The van der Waals surface area contributed by atoms with Gasteiger partial charge >= 0.3 is 0 Å². The van der Waals surface area contributed by atoms with E-state index in [0.29, 0.717) is 0 Å². The van der Waals surface area contributed by atoms with Crippen LogP contribution in [0.15, 0.2) is 10.7 Å². The molecule has 1 rings (SSSR count). The summed E-state index contributed by atoms with van der Waals surface area (Å²) in [4.78, 5) is 11.7. The van der Waals surface area contributed by atoms with Crippen molar-refractivity contribution in [3.05, 3.63) is 23.2 Å². The van der Waals surface area contributed by atoms with Gasteiger partial charge in [-0.1, -0.05) is 271 Å². The molecule has 0 fully saturated rings. The first-order chi connectivity index (χ1) is 26.3. The Kier molecular flexibility index (Phi) is 39.7. The van der Waals surface area contributed by atoms with Crippen molar-refractivity contribution in [3.63, 3.8) is 0 Å². The van der Waals surface area contributed by atoms with Crippen molar-refractivity contribution in [1.29, 1.82) is 0 Å². The smallest absolute Gasteiger partial charge is 0.153 e. The second-order valence-electron chi connectivity index (χ2n) is 17.4. The highest BCUT2D eigenvalue weighted by atomic mass is 16.3. The normalized spacial score (nSPS) is 11.6. The van der Waals surface area contributed by atoms with Gasteiger partial charge in [-0.25, -0.2) is 0 Å². The molecule has 0 saturated carbocycles. The number of furan rings is 1. The molecule has 1 aromatic heterocycles. The molecule has 0 aliphatic rings. The molecular formula is C51H96O2. The van der Waals surface area contributed by atoms with Crippen molar-refractivity contribution in [2.45, 2.75) is 296 Å². The molecule has 2 heteroatoms. The molecule has 0 aliphatic heterocycles. The van der Waals surface area contributed by atoms with Crippen LogP contribution >= 0.6 is 0 Å². The van der Waals surface area contributed by atoms with Crippen molar-refractivity contribution >= 4 is 6.29 Å². The Bertz CT molecular complexity index is 839. The molecule has 0 atom stereocenters. The summed E-state index contributed by atoms with van der Waals surface area (Å²) in [7, 11) is 0. The van der Waals surface area contributed by atoms with Gasteiger partial charge in [0.1, 0.15) is 12.0 Å². The minimum atomic E-state index is 0.802. The van der Waals surface area contributed by atoms with Gasteiger partial charge < -0.3 is 4.42 Å². The number of carbonyl (C=O) groups excluding carboxylic acids is 1. The quantitative estimate of drug-likeness (QED) is 0.0492. The SMILES string of the molecule is CCCCCCCCCCCCCCCCCCCCCCCc1occ(C=O)c1CCCCCCCCCCCCCCCCCCCCCCC. The van der Waals surface area contributed by atoms with E-state index in [1.807, 2.05) is 0 Å². The molecule has 0 spiro atoms. The molecule has 0 aromatic carbocycles. The van der Waals surface area contributed by atoms with Gasteiger partial charge in [0.25, 0.3) is 0 Å². The van der Waals surface area contributed by atoms with E-state index in [0.717, 1.165) is 30.5 Å². The molecular weight excluding hydrogens is 645 g/mol. The molecule has 1 heterocycles. The second-order valence-corrected chi connectivity index (χ2v) is 17.4.